The minimum absolute atomic E-state index is 0.0269. The Morgan fingerprint density at radius 1 is 0.820 bits per heavy atom. The second-order valence-electron chi connectivity index (χ2n) is 22.2. The molecule has 0 fully saturated rings. The molecule has 25 nitrogen and oxygen atoms in total. The van der Waals surface area contributed by atoms with Crippen LogP contribution in [0.5, 0.6) is 0 Å². The van der Waals surface area contributed by atoms with Gasteiger partial charge in [-0.25, -0.2) is 19.0 Å². The molecular formula is C63H70FN11O14. The minimum Gasteiger partial charge on any atom is -0.458 e. The number of esters is 1. The van der Waals surface area contributed by atoms with Crippen LogP contribution in [0.2, 0.25) is 0 Å². The van der Waals surface area contributed by atoms with Crippen molar-refractivity contribution < 1.29 is 66.9 Å². The quantitative estimate of drug-likeness (QED) is 0.0209. The molecule has 5 heterocycles. The van der Waals surface area contributed by atoms with Crippen LogP contribution in [0, 0.1) is 12.7 Å². The maximum atomic E-state index is 15.4. The lowest BCUT2D eigenvalue weighted by Gasteiger charge is -2.31. The van der Waals surface area contributed by atoms with Gasteiger partial charge in [-0.1, -0.05) is 55.8 Å². The third kappa shape index (κ3) is 15.0. The number of cyclic esters (lactones) is 1. The number of nitrogens with one attached hydrogen (secondary N) is 7. The number of rotatable bonds is 27. The number of nitrogens with zero attached hydrogens (tertiary/aromatic N) is 4. The third-order valence-electron chi connectivity index (χ3n) is 16.2. The number of hydrogen-bond donors (Lipinski definition) is 8. The number of benzene rings is 3. The van der Waals surface area contributed by atoms with E-state index in [9.17, 15) is 57.8 Å². The average Bonchev–Trinajstić information content (AvgIpc) is 1.65. The maximum Gasteiger partial charge on any atom is 0.409 e. The molecule has 468 valence electrons. The Morgan fingerprint density at radius 2 is 1.54 bits per heavy atom. The van der Waals surface area contributed by atoms with Gasteiger partial charge < -0.3 is 61.3 Å². The Balaban J connectivity index is 0.676. The lowest BCUT2D eigenvalue weighted by atomic mass is 9.81. The van der Waals surface area contributed by atoms with E-state index in [4.69, 9.17) is 14.5 Å². The highest BCUT2D eigenvalue weighted by Crippen LogP contribution is 2.46. The van der Waals surface area contributed by atoms with E-state index >= 15 is 4.39 Å². The van der Waals surface area contributed by atoms with Gasteiger partial charge in [-0.15, -0.1) is 0 Å². The van der Waals surface area contributed by atoms with Crippen molar-refractivity contribution >= 4 is 75.9 Å². The van der Waals surface area contributed by atoms with Gasteiger partial charge in [0.2, 0.25) is 35.4 Å². The number of unbranched alkanes of at least 4 members (excludes halogenated alkanes) is 2. The largest absolute Gasteiger partial charge is 0.458 e. The van der Waals surface area contributed by atoms with E-state index in [1.165, 1.54) is 27.7 Å². The van der Waals surface area contributed by atoms with Gasteiger partial charge in [-0.2, -0.15) is 0 Å². The standard InChI is InChI=1S/C63H70FN11O14/c1-4-63(87)43-28-48-58-41(33-75(48)60(84)42(43)35-88-61(63)85)57-45(19-18-40-36(2)44(64)29-46(72-58)56(40)57)70-50(77)22-23-65-24-26-73(3)62(86)89-34-38-14-16-39(17-15-38)69-52(79)32-68-59(83)47(27-37-11-7-5-8-12-37)71-53(80)31-67-51(78)30-66-49(76)13-9-6-10-25-74-54(81)20-21-55(74)82/h5,7-8,11-12,14-17,20-21,28-29,45,47,65,87H,4,6,9-10,13,18-19,22-27,30-35H2,1-3H3,(H,66,76)(H,67,78)(H,68,83)(H,69,79)(H,70,77)(H,71,80)/t45-,47-,63-/m0/s1. The molecular weight excluding hydrogens is 1150 g/mol. The molecule has 3 aromatic carbocycles. The Morgan fingerprint density at radius 3 is 2.28 bits per heavy atom. The number of aromatic nitrogens is 2. The summed E-state index contributed by atoms with van der Waals surface area (Å²) in [4.78, 5) is 148. The lowest BCUT2D eigenvalue weighted by Crippen LogP contribution is -2.52. The number of carbonyl (C=O) groups excluding carboxylic acids is 10. The van der Waals surface area contributed by atoms with Crippen molar-refractivity contribution in [3.05, 3.63) is 140 Å². The molecule has 4 aliphatic rings. The first-order valence-electron chi connectivity index (χ1n) is 29.5. The molecule has 0 spiro atoms. The van der Waals surface area contributed by atoms with Gasteiger partial charge in [0.1, 0.15) is 25.1 Å². The van der Waals surface area contributed by atoms with Crippen molar-refractivity contribution in [2.75, 3.05) is 58.2 Å². The van der Waals surface area contributed by atoms with Gasteiger partial charge in [-0.05, 0) is 85.0 Å². The Bertz CT molecular complexity index is 3710. The molecule has 26 heteroatoms. The number of likely N-dealkylation sites (N-methyl/N-ethyl adjacent to an activating group) is 1. The van der Waals surface area contributed by atoms with Gasteiger partial charge in [0.25, 0.3) is 17.4 Å². The molecule has 3 aliphatic heterocycles. The fourth-order valence-corrected chi connectivity index (χ4v) is 11.3. The number of fused-ring (bicyclic) bond motifs is 5. The fraction of sp³-hybridized carbons (Fsp3) is 0.397. The number of pyridine rings is 2. The first-order valence-corrected chi connectivity index (χ1v) is 29.5. The highest BCUT2D eigenvalue weighted by atomic mass is 19.1. The summed E-state index contributed by atoms with van der Waals surface area (Å²) < 4.78 is 27.7. The molecule has 1 aliphatic carbocycles. The Kier molecular flexibility index (Phi) is 20.4. The predicted octanol–water partition coefficient (Wildman–Crippen LogP) is 2.38. The van der Waals surface area contributed by atoms with Gasteiger partial charge in [0, 0.05) is 92.9 Å². The van der Waals surface area contributed by atoms with Crippen molar-refractivity contribution in [3.63, 3.8) is 0 Å². The summed E-state index contributed by atoms with van der Waals surface area (Å²) >= 11 is 0. The van der Waals surface area contributed by atoms with E-state index in [1.807, 2.05) is 0 Å². The fourth-order valence-electron chi connectivity index (χ4n) is 11.3. The molecule has 2 aromatic heterocycles. The van der Waals surface area contributed by atoms with Crippen molar-refractivity contribution in [2.24, 2.45) is 0 Å². The van der Waals surface area contributed by atoms with Crippen molar-refractivity contribution in [2.45, 2.75) is 109 Å². The van der Waals surface area contributed by atoms with Crippen LogP contribution in [0.4, 0.5) is 14.9 Å². The number of amides is 9. The zero-order valence-corrected chi connectivity index (χ0v) is 49.5. The summed E-state index contributed by atoms with van der Waals surface area (Å²) in [6, 6.07) is 16.7. The molecule has 0 unspecified atom stereocenters. The summed E-state index contributed by atoms with van der Waals surface area (Å²) in [6.45, 7) is 2.83. The van der Waals surface area contributed by atoms with Gasteiger partial charge in [0.15, 0.2) is 5.60 Å². The molecule has 0 saturated carbocycles. The van der Waals surface area contributed by atoms with Crippen LogP contribution in [0.1, 0.15) is 102 Å². The molecule has 8 N–H and O–H groups in total. The topological polar surface area (TPSA) is 335 Å². The summed E-state index contributed by atoms with van der Waals surface area (Å²) in [5.41, 5.74) is 3.44. The molecule has 89 heavy (non-hydrogen) atoms. The van der Waals surface area contributed by atoms with E-state index < -0.39 is 90.3 Å². The Labute approximate surface area is 510 Å². The second kappa shape index (κ2) is 28.4. The van der Waals surface area contributed by atoms with Gasteiger partial charge >= 0.3 is 12.1 Å². The van der Waals surface area contributed by atoms with Crippen LogP contribution in [-0.2, 0) is 90.8 Å². The van der Waals surface area contributed by atoms with E-state index in [2.05, 4.69) is 37.2 Å². The number of halogens is 1. The molecule has 3 atom stereocenters. The van der Waals surface area contributed by atoms with E-state index in [-0.39, 0.29) is 93.9 Å². The minimum atomic E-state index is -2.03. The smallest absolute Gasteiger partial charge is 0.409 e. The third-order valence-corrected chi connectivity index (χ3v) is 16.2. The van der Waals surface area contributed by atoms with Crippen LogP contribution in [-0.4, -0.2) is 143 Å². The van der Waals surface area contributed by atoms with Crippen LogP contribution >= 0.6 is 0 Å². The average molecular weight is 1220 g/mol. The number of carbonyl (C=O) groups is 10. The number of ether oxygens (including phenoxy) is 2. The predicted molar refractivity (Wildman–Crippen MR) is 319 cm³/mol. The van der Waals surface area contributed by atoms with Crippen molar-refractivity contribution in [3.8, 4) is 11.4 Å². The van der Waals surface area contributed by atoms with E-state index in [1.54, 1.807) is 81.6 Å². The summed E-state index contributed by atoms with van der Waals surface area (Å²) in [5.74, 6) is -5.23. The highest BCUT2D eigenvalue weighted by molar-refractivity contribution is 6.12. The van der Waals surface area contributed by atoms with Crippen molar-refractivity contribution in [1.29, 1.82) is 0 Å². The number of imide groups is 1. The van der Waals surface area contributed by atoms with E-state index in [0.717, 1.165) is 21.4 Å². The van der Waals surface area contributed by atoms with Crippen molar-refractivity contribution in [1.82, 2.24) is 51.3 Å². The van der Waals surface area contributed by atoms with Gasteiger partial charge in [-0.3, -0.25) is 48.1 Å². The first kappa shape index (κ1) is 63.8. The highest BCUT2D eigenvalue weighted by Gasteiger charge is 2.46. The molecule has 0 saturated heterocycles. The molecule has 9 rings (SSSR count). The number of aliphatic hydroxyl groups is 1. The zero-order chi connectivity index (χ0) is 63.5. The second-order valence-corrected chi connectivity index (χ2v) is 22.2. The summed E-state index contributed by atoms with van der Waals surface area (Å²) in [5, 5.41) is 31.2. The zero-order valence-electron chi connectivity index (χ0n) is 49.5. The van der Waals surface area contributed by atoms with Crippen LogP contribution in [0.25, 0.3) is 22.3 Å². The first-order chi connectivity index (χ1) is 42.7. The van der Waals surface area contributed by atoms with E-state index in [0.29, 0.717) is 83.5 Å². The number of anilines is 1. The van der Waals surface area contributed by atoms with Crippen LogP contribution < -0.4 is 42.8 Å². The monoisotopic (exact) mass is 1220 g/mol. The molecule has 0 radical (unpaired) electrons. The van der Waals surface area contributed by atoms with Gasteiger partial charge in [0.05, 0.1) is 54.7 Å². The SMILES string of the molecule is CC[C@@]1(O)C(=O)OCc2c1cc1n(c2=O)Cc2c-1nc1cc(F)c(C)c3c1c2[C@@H](NC(=O)CCNCCN(C)C(=O)OCc1ccc(NC(=O)CNC(=O)[C@H](Cc2ccccc2)NC(=O)CNC(=O)CNC(=O)CCCCCN2C(=O)C=CC2=O)cc1)CC3. The number of hydrogen-bond acceptors (Lipinski definition) is 16. The maximum absolute atomic E-state index is 15.4. The normalized spacial score (nSPS) is 16.3. The summed E-state index contributed by atoms with van der Waals surface area (Å²) in [6.07, 6.45) is 4.56. The lowest BCUT2D eigenvalue weighted by molar-refractivity contribution is -0.172. The summed E-state index contributed by atoms with van der Waals surface area (Å²) in [7, 11) is 1.57. The van der Waals surface area contributed by atoms with Crippen LogP contribution in [0.15, 0.2) is 83.7 Å². The van der Waals surface area contributed by atoms with Crippen LogP contribution in [0.3, 0.4) is 0 Å². The molecule has 9 amide bonds. The molecule has 0 bridgehead atoms. The molecule has 5 aromatic rings. The Hall–Kier alpha value is -9.69. The number of aryl methyl sites for hydroxylation is 1.